The van der Waals surface area contributed by atoms with Crippen molar-refractivity contribution in [1.29, 1.82) is 0 Å². The minimum Gasteiger partial charge on any atom is -0.497 e. The zero-order valence-electron chi connectivity index (χ0n) is 16.3. The number of benzene rings is 1. The molecule has 3 atom stereocenters. The van der Waals surface area contributed by atoms with Gasteiger partial charge in [-0.25, -0.2) is 0 Å². The standard InChI is InChI=1S/C19H21NO3/c1-20-9-8-19-12-5-7-15(22-3)18(19)23-17-14(21-2)6-4-11(16(17)19)10-13(12)20/h4-7,13,18H,8-10H2,1-3H3/t13-,18+,19+/m1/s1/i1D3. The van der Waals surface area contributed by atoms with E-state index < -0.39 is 6.98 Å². The van der Waals surface area contributed by atoms with E-state index in [1.807, 2.05) is 12.1 Å². The summed E-state index contributed by atoms with van der Waals surface area (Å²) < 4.78 is 41.5. The van der Waals surface area contributed by atoms with Crippen molar-refractivity contribution in [1.82, 2.24) is 4.90 Å². The Balaban J connectivity index is 1.78. The maximum Gasteiger partial charge on any atom is 0.169 e. The molecule has 0 radical (unpaired) electrons. The molecule has 120 valence electrons. The van der Waals surface area contributed by atoms with Crippen LogP contribution in [0.3, 0.4) is 0 Å². The van der Waals surface area contributed by atoms with Crippen LogP contribution in [0.15, 0.2) is 35.6 Å². The van der Waals surface area contributed by atoms with E-state index in [1.54, 1.807) is 19.1 Å². The van der Waals surface area contributed by atoms with Gasteiger partial charge in [-0.3, -0.25) is 4.90 Å². The first kappa shape index (κ1) is 10.8. The van der Waals surface area contributed by atoms with Crippen LogP contribution >= 0.6 is 0 Å². The minimum atomic E-state index is -2.11. The Bertz CT molecular complexity index is 860. The van der Waals surface area contributed by atoms with Crippen molar-refractivity contribution >= 4 is 0 Å². The van der Waals surface area contributed by atoms with Crippen molar-refractivity contribution < 1.29 is 18.3 Å². The highest BCUT2D eigenvalue weighted by molar-refractivity contribution is 5.67. The average molecular weight is 314 g/mol. The Morgan fingerprint density at radius 2 is 2.22 bits per heavy atom. The predicted octanol–water partition coefficient (Wildman–Crippen LogP) is 2.42. The Morgan fingerprint density at radius 3 is 3.00 bits per heavy atom. The second-order valence-electron chi connectivity index (χ2n) is 6.66. The van der Waals surface area contributed by atoms with Gasteiger partial charge in [0.2, 0.25) is 0 Å². The molecular formula is C19H21NO3. The Labute approximate surface area is 140 Å². The summed E-state index contributed by atoms with van der Waals surface area (Å²) in [5.74, 6) is 2.28. The highest BCUT2D eigenvalue weighted by Crippen LogP contribution is 2.62. The minimum absolute atomic E-state index is 0.149. The number of ether oxygens (including phenoxy) is 3. The van der Waals surface area contributed by atoms with E-state index in [0.29, 0.717) is 19.4 Å². The predicted molar refractivity (Wildman–Crippen MR) is 87.0 cm³/mol. The first-order chi connectivity index (χ1) is 12.4. The molecule has 0 unspecified atom stereocenters. The van der Waals surface area contributed by atoms with Gasteiger partial charge in [-0.05, 0) is 49.6 Å². The van der Waals surface area contributed by atoms with Gasteiger partial charge < -0.3 is 14.2 Å². The summed E-state index contributed by atoms with van der Waals surface area (Å²) in [6.45, 7) is -1.61. The number of likely N-dealkylation sites (tertiary alicyclic amines) is 1. The number of rotatable bonds is 2. The van der Waals surface area contributed by atoms with Gasteiger partial charge in [0.15, 0.2) is 17.6 Å². The molecule has 1 fully saturated rings. The molecule has 23 heavy (non-hydrogen) atoms. The number of piperidine rings is 1. The van der Waals surface area contributed by atoms with Crippen molar-refractivity contribution in [3.63, 3.8) is 0 Å². The van der Waals surface area contributed by atoms with Gasteiger partial charge in [-0.15, -0.1) is 0 Å². The smallest absolute Gasteiger partial charge is 0.169 e. The number of nitrogens with zero attached hydrogens (tertiary/aromatic N) is 1. The van der Waals surface area contributed by atoms with Crippen molar-refractivity contribution in [2.24, 2.45) is 0 Å². The van der Waals surface area contributed by atoms with E-state index in [1.165, 1.54) is 0 Å². The van der Waals surface area contributed by atoms with Gasteiger partial charge in [0.1, 0.15) is 5.76 Å². The normalized spacial score (nSPS) is 35.8. The lowest BCUT2D eigenvalue weighted by molar-refractivity contribution is 0.0734. The molecule has 4 heteroatoms. The van der Waals surface area contributed by atoms with Gasteiger partial charge in [-0.2, -0.15) is 0 Å². The summed E-state index contributed by atoms with van der Waals surface area (Å²) in [4.78, 5) is 1.66. The van der Waals surface area contributed by atoms with Crippen LogP contribution in [-0.2, 0) is 16.6 Å². The van der Waals surface area contributed by atoms with Gasteiger partial charge in [-0.1, -0.05) is 12.1 Å². The van der Waals surface area contributed by atoms with Crippen LogP contribution in [0.5, 0.6) is 11.5 Å². The van der Waals surface area contributed by atoms with Crippen molar-refractivity contribution in [3.05, 3.63) is 46.7 Å². The van der Waals surface area contributed by atoms with E-state index in [2.05, 4.69) is 12.1 Å². The third kappa shape index (κ3) is 1.41. The summed E-state index contributed by atoms with van der Waals surface area (Å²) in [7, 11) is 3.30. The molecule has 0 saturated carbocycles. The quantitative estimate of drug-likeness (QED) is 0.839. The second-order valence-corrected chi connectivity index (χ2v) is 6.66. The molecule has 1 spiro atoms. The monoisotopic (exact) mass is 314 g/mol. The molecule has 5 rings (SSSR count). The Morgan fingerprint density at radius 1 is 1.30 bits per heavy atom. The van der Waals surface area contributed by atoms with Gasteiger partial charge in [0, 0.05) is 15.7 Å². The summed E-state index contributed by atoms with van der Waals surface area (Å²) in [5.41, 5.74) is 3.09. The lowest BCUT2D eigenvalue weighted by atomic mass is 9.57. The topological polar surface area (TPSA) is 30.9 Å². The van der Waals surface area contributed by atoms with Crippen LogP contribution < -0.4 is 9.47 Å². The zero-order valence-corrected chi connectivity index (χ0v) is 13.3. The largest absolute Gasteiger partial charge is 0.497 e. The molecule has 1 aromatic rings. The number of hydrogen-bond donors (Lipinski definition) is 0. The van der Waals surface area contributed by atoms with Crippen LogP contribution in [0.25, 0.3) is 0 Å². The number of likely N-dealkylation sites (N-methyl/N-ethyl adjacent to an activating group) is 1. The zero-order chi connectivity index (χ0) is 18.3. The molecule has 0 aromatic heterocycles. The van der Waals surface area contributed by atoms with Gasteiger partial charge in [0.05, 0.1) is 19.6 Å². The third-order valence-electron chi connectivity index (χ3n) is 5.89. The maximum absolute atomic E-state index is 7.98. The number of methoxy groups -OCH3 is 2. The molecule has 2 aliphatic heterocycles. The molecular weight excluding hydrogens is 290 g/mol. The fraction of sp³-hybridized carbons (Fsp3) is 0.474. The molecule has 4 nitrogen and oxygen atoms in total. The fourth-order valence-corrected chi connectivity index (χ4v) is 4.93. The summed E-state index contributed by atoms with van der Waals surface area (Å²) in [6, 6.07) is 3.83. The molecule has 2 aliphatic carbocycles. The highest BCUT2D eigenvalue weighted by Gasteiger charge is 2.61. The van der Waals surface area contributed by atoms with E-state index in [0.717, 1.165) is 34.0 Å². The third-order valence-corrected chi connectivity index (χ3v) is 5.89. The molecule has 1 aromatic carbocycles. The average Bonchev–Trinajstić information content (AvgIpc) is 2.94. The molecule has 0 amide bonds. The van der Waals surface area contributed by atoms with Crippen LogP contribution in [0.1, 0.15) is 21.7 Å². The molecule has 2 bridgehead atoms. The molecule has 1 saturated heterocycles. The fourth-order valence-electron chi connectivity index (χ4n) is 4.93. The lowest BCUT2D eigenvalue weighted by Gasteiger charge is -2.52. The van der Waals surface area contributed by atoms with Gasteiger partial charge in [0.25, 0.3) is 0 Å². The first-order valence-corrected chi connectivity index (χ1v) is 8.02. The van der Waals surface area contributed by atoms with Crippen LogP contribution in [0, 0.1) is 0 Å². The van der Waals surface area contributed by atoms with Crippen LogP contribution in [0.4, 0.5) is 0 Å². The van der Waals surface area contributed by atoms with Crippen molar-refractivity contribution in [2.45, 2.75) is 30.4 Å². The first-order valence-electron chi connectivity index (χ1n) is 9.52. The SMILES string of the molecule is [2H]C([2H])([2H])N1CC[C@@]23C4=CC=C(OC)[C@@H]2Oc2c(OC)ccc(c23)C[C@H]41. The van der Waals surface area contributed by atoms with E-state index >= 15 is 0 Å². The van der Waals surface area contributed by atoms with Crippen molar-refractivity contribution in [3.8, 4) is 11.5 Å². The summed E-state index contributed by atoms with van der Waals surface area (Å²) in [6.07, 6.45) is 5.08. The maximum atomic E-state index is 7.98. The van der Waals surface area contributed by atoms with E-state index in [-0.39, 0.29) is 17.6 Å². The lowest BCUT2D eigenvalue weighted by Crippen LogP contribution is -2.58. The van der Waals surface area contributed by atoms with E-state index in [9.17, 15) is 0 Å². The molecule has 2 heterocycles. The van der Waals surface area contributed by atoms with Crippen LogP contribution in [0.2, 0.25) is 0 Å². The van der Waals surface area contributed by atoms with E-state index in [4.69, 9.17) is 18.3 Å². The number of hydrogen-bond acceptors (Lipinski definition) is 4. The summed E-state index contributed by atoms with van der Waals surface area (Å²) in [5, 5.41) is 0. The van der Waals surface area contributed by atoms with Crippen molar-refractivity contribution in [2.75, 3.05) is 27.7 Å². The Hall–Kier alpha value is -1.94. The molecule has 0 N–H and O–H groups in total. The number of allylic oxidation sites excluding steroid dienone is 2. The molecule has 4 aliphatic rings. The highest BCUT2D eigenvalue weighted by atomic mass is 16.6. The van der Waals surface area contributed by atoms with Crippen LogP contribution in [-0.4, -0.2) is 44.8 Å². The Kier molecular flexibility index (Phi) is 2.02. The summed E-state index contributed by atoms with van der Waals surface area (Å²) >= 11 is 0. The van der Waals surface area contributed by atoms with Gasteiger partial charge >= 0.3 is 0 Å². The second kappa shape index (κ2) is 4.32.